The number of nitrogens with zero attached hydrogens (tertiary/aromatic N) is 1. The van der Waals surface area contributed by atoms with Crippen molar-refractivity contribution in [2.45, 2.75) is 36.0 Å². The van der Waals surface area contributed by atoms with E-state index in [-0.39, 0.29) is 35.3 Å². The molecule has 1 saturated heterocycles. The van der Waals surface area contributed by atoms with E-state index in [1.54, 1.807) is 36.0 Å². The molecule has 3 aromatic rings. The lowest BCUT2D eigenvalue weighted by molar-refractivity contribution is 0.190. The minimum atomic E-state index is -0.212. The average molecular weight is 514 g/mol. The van der Waals surface area contributed by atoms with E-state index in [0.29, 0.717) is 6.61 Å². The van der Waals surface area contributed by atoms with Crippen LogP contribution >= 0.6 is 24.2 Å². The van der Waals surface area contributed by atoms with Gasteiger partial charge in [0.15, 0.2) is 0 Å². The number of benzene rings is 3. The molecule has 186 valence electrons. The summed E-state index contributed by atoms with van der Waals surface area (Å²) in [5, 5.41) is 19.7. The summed E-state index contributed by atoms with van der Waals surface area (Å²) in [6, 6.07) is 20.6. The van der Waals surface area contributed by atoms with Crippen molar-refractivity contribution in [2.75, 3.05) is 26.2 Å². The Labute approximate surface area is 217 Å². The van der Waals surface area contributed by atoms with Crippen molar-refractivity contribution in [1.29, 1.82) is 0 Å². The van der Waals surface area contributed by atoms with Gasteiger partial charge in [-0.15, -0.1) is 24.2 Å². The molecule has 0 spiro atoms. The topological polar surface area (TPSA) is 62.2 Å². The third kappa shape index (κ3) is 6.00. The molecule has 35 heavy (non-hydrogen) atoms. The Morgan fingerprint density at radius 2 is 1.69 bits per heavy atom. The second-order valence-corrected chi connectivity index (χ2v) is 10.3. The van der Waals surface area contributed by atoms with Gasteiger partial charge >= 0.3 is 0 Å². The van der Waals surface area contributed by atoms with Gasteiger partial charge in [0.2, 0.25) is 0 Å². The van der Waals surface area contributed by atoms with Crippen LogP contribution in [0.5, 0.6) is 23.0 Å². The summed E-state index contributed by atoms with van der Waals surface area (Å²) in [6.07, 6.45) is 2.35. The molecule has 2 aliphatic rings. The van der Waals surface area contributed by atoms with Gasteiger partial charge < -0.3 is 19.7 Å². The first-order valence-electron chi connectivity index (χ1n) is 12.0. The van der Waals surface area contributed by atoms with Crippen LogP contribution in [0.15, 0.2) is 71.6 Å². The van der Waals surface area contributed by atoms with Crippen molar-refractivity contribution in [3.8, 4) is 23.0 Å². The molecule has 2 aliphatic heterocycles. The summed E-state index contributed by atoms with van der Waals surface area (Å²) in [7, 11) is 0. The standard InChI is InChI=1S/C28H31NO4S.ClH/c1-2-19-13-14-29(18-19)15-16-32-24-10-5-20(6-11-24)27-28(21-3-7-22(30)8-4-21)34-26-17-23(31)9-12-25(26)33-27;/h3-12,17,19,27-28,30-31H,2,13-16,18H2,1H3;1H/t19-,27-,28+;/m0./s1. The third-order valence-corrected chi connectivity index (χ3v) is 8.11. The molecule has 0 bridgehead atoms. The molecule has 0 radical (unpaired) electrons. The van der Waals surface area contributed by atoms with E-state index >= 15 is 0 Å². The van der Waals surface area contributed by atoms with Gasteiger partial charge in [-0.3, -0.25) is 4.90 Å². The first-order chi connectivity index (χ1) is 16.6. The Balaban J connectivity index is 0.00000289. The number of rotatable bonds is 7. The number of hydrogen-bond acceptors (Lipinski definition) is 6. The maximum atomic E-state index is 9.94. The number of phenolic OH excluding ortho intramolecular Hbond substituents is 2. The lowest BCUT2D eigenvalue weighted by Crippen LogP contribution is -2.26. The first-order valence-corrected chi connectivity index (χ1v) is 12.9. The normalized spacial score (nSPS) is 21.6. The SMILES string of the molecule is CC[C@H]1CCN(CCOc2ccc([C@@H]3Oc4ccc(O)cc4S[C@@H]3c3ccc(O)cc3)cc2)C1.Cl. The van der Waals surface area contributed by atoms with Gasteiger partial charge in [-0.25, -0.2) is 0 Å². The summed E-state index contributed by atoms with van der Waals surface area (Å²) in [5.74, 6) is 2.92. The second-order valence-electron chi connectivity index (χ2n) is 9.08. The van der Waals surface area contributed by atoms with Crippen LogP contribution in [0.1, 0.15) is 42.2 Å². The summed E-state index contributed by atoms with van der Waals surface area (Å²) in [4.78, 5) is 3.40. The number of fused-ring (bicyclic) bond motifs is 1. The van der Waals surface area contributed by atoms with E-state index in [9.17, 15) is 10.2 Å². The van der Waals surface area contributed by atoms with Gasteiger partial charge in [0.05, 0.1) is 10.1 Å². The Morgan fingerprint density at radius 3 is 2.40 bits per heavy atom. The highest BCUT2D eigenvalue weighted by Crippen LogP contribution is 2.54. The summed E-state index contributed by atoms with van der Waals surface area (Å²) < 4.78 is 12.5. The fourth-order valence-corrected chi connectivity index (χ4v) is 6.05. The van der Waals surface area contributed by atoms with Crippen LogP contribution in [0.3, 0.4) is 0 Å². The van der Waals surface area contributed by atoms with E-state index in [0.717, 1.165) is 40.0 Å². The van der Waals surface area contributed by atoms with E-state index in [2.05, 4.69) is 24.0 Å². The minimum absolute atomic E-state index is 0. The van der Waals surface area contributed by atoms with Crippen molar-refractivity contribution in [3.05, 3.63) is 77.9 Å². The zero-order valence-corrected chi connectivity index (χ0v) is 21.4. The number of phenols is 2. The summed E-state index contributed by atoms with van der Waals surface area (Å²) in [5.41, 5.74) is 2.11. The largest absolute Gasteiger partial charge is 0.508 e. The number of thioether (sulfide) groups is 1. The molecule has 0 aromatic heterocycles. The zero-order chi connectivity index (χ0) is 23.5. The molecular formula is C28H32ClNO4S. The Bertz CT molecular complexity index is 1110. The van der Waals surface area contributed by atoms with Gasteiger partial charge in [-0.1, -0.05) is 37.6 Å². The minimum Gasteiger partial charge on any atom is -0.508 e. The maximum Gasteiger partial charge on any atom is 0.140 e. The molecule has 0 unspecified atom stereocenters. The molecule has 5 nitrogen and oxygen atoms in total. The van der Waals surface area contributed by atoms with Crippen LogP contribution in [0.2, 0.25) is 0 Å². The Kier molecular flexibility index (Phi) is 8.37. The van der Waals surface area contributed by atoms with Crippen LogP contribution in [-0.4, -0.2) is 41.4 Å². The van der Waals surface area contributed by atoms with Crippen molar-refractivity contribution in [3.63, 3.8) is 0 Å². The van der Waals surface area contributed by atoms with Crippen LogP contribution in [0, 0.1) is 5.92 Å². The van der Waals surface area contributed by atoms with Crippen molar-refractivity contribution in [1.82, 2.24) is 4.90 Å². The average Bonchev–Trinajstić information content (AvgIpc) is 3.32. The van der Waals surface area contributed by atoms with E-state index in [1.807, 2.05) is 30.3 Å². The molecule has 5 rings (SSSR count). The highest BCUT2D eigenvalue weighted by molar-refractivity contribution is 7.99. The first kappa shape index (κ1) is 25.5. The predicted molar refractivity (Wildman–Crippen MR) is 142 cm³/mol. The van der Waals surface area contributed by atoms with Crippen molar-refractivity contribution < 1.29 is 19.7 Å². The van der Waals surface area contributed by atoms with Crippen LogP contribution in [-0.2, 0) is 0 Å². The number of aromatic hydroxyl groups is 2. The highest BCUT2D eigenvalue weighted by Gasteiger charge is 2.33. The molecule has 0 aliphatic carbocycles. The molecule has 7 heteroatoms. The molecule has 0 saturated carbocycles. The Hall–Kier alpha value is -2.54. The number of likely N-dealkylation sites (tertiary alicyclic amines) is 1. The third-order valence-electron chi connectivity index (χ3n) is 6.76. The van der Waals surface area contributed by atoms with Crippen molar-refractivity contribution in [2.24, 2.45) is 5.92 Å². The van der Waals surface area contributed by atoms with Crippen LogP contribution in [0.4, 0.5) is 0 Å². The molecule has 0 amide bonds. The number of hydrogen-bond donors (Lipinski definition) is 2. The van der Waals surface area contributed by atoms with Gasteiger partial charge in [-0.2, -0.15) is 0 Å². The van der Waals surface area contributed by atoms with Gasteiger partial charge in [0.25, 0.3) is 0 Å². The molecule has 1 fully saturated rings. The lowest BCUT2D eigenvalue weighted by Gasteiger charge is -2.34. The highest BCUT2D eigenvalue weighted by atomic mass is 35.5. The molecule has 2 N–H and O–H groups in total. The second kappa shape index (κ2) is 11.5. The molecule has 3 atom stereocenters. The van der Waals surface area contributed by atoms with Crippen molar-refractivity contribution >= 4 is 24.2 Å². The van der Waals surface area contributed by atoms with Crippen LogP contribution in [0.25, 0.3) is 0 Å². The number of ether oxygens (including phenoxy) is 2. The monoisotopic (exact) mass is 513 g/mol. The summed E-state index contributed by atoms with van der Waals surface area (Å²) >= 11 is 1.66. The van der Waals surface area contributed by atoms with Gasteiger partial charge in [0, 0.05) is 13.1 Å². The molecular weight excluding hydrogens is 482 g/mol. The summed E-state index contributed by atoms with van der Waals surface area (Å²) in [6.45, 7) is 6.30. The van der Waals surface area contributed by atoms with E-state index in [4.69, 9.17) is 9.47 Å². The lowest BCUT2D eigenvalue weighted by atomic mass is 10.00. The van der Waals surface area contributed by atoms with Gasteiger partial charge in [0.1, 0.15) is 35.7 Å². The van der Waals surface area contributed by atoms with E-state index < -0.39 is 0 Å². The fraction of sp³-hybridized carbons (Fsp3) is 0.357. The predicted octanol–water partition coefficient (Wildman–Crippen LogP) is 6.60. The maximum absolute atomic E-state index is 9.94. The zero-order valence-electron chi connectivity index (χ0n) is 19.8. The smallest absolute Gasteiger partial charge is 0.140 e. The number of halogens is 1. The quantitative estimate of drug-likeness (QED) is 0.371. The Morgan fingerprint density at radius 1 is 0.971 bits per heavy atom. The van der Waals surface area contributed by atoms with Gasteiger partial charge in [-0.05, 0) is 72.5 Å². The fourth-order valence-electron chi connectivity index (χ4n) is 4.73. The molecule has 3 aromatic carbocycles. The van der Waals surface area contributed by atoms with Crippen LogP contribution < -0.4 is 9.47 Å². The van der Waals surface area contributed by atoms with E-state index in [1.165, 1.54) is 25.9 Å². The molecule has 2 heterocycles.